The fourth-order valence-corrected chi connectivity index (χ4v) is 3.36. The molecule has 2 atom stereocenters. The van der Waals surface area contributed by atoms with Gasteiger partial charge in [-0.05, 0) is 62.5 Å². The van der Waals surface area contributed by atoms with Gasteiger partial charge < -0.3 is 15.3 Å². The standard InChI is InChI=1S/C15H22N2O/c1-17-8-2-3-12(10-17)16-15-7-4-11-9-13(18)5-6-14(11)15/h5-6,9,12,15-16,18H,2-4,7-8,10H2,1H3. The van der Waals surface area contributed by atoms with Gasteiger partial charge in [0.25, 0.3) is 0 Å². The number of hydrogen-bond donors (Lipinski definition) is 2. The number of rotatable bonds is 2. The third-order valence-corrected chi connectivity index (χ3v) is 4.27. The van der Waals surface area contributed by atoms with Gasteiger partial charge in [0, 0.05) is 18.6 Å². The molecule has 1 heterocycles. The first kappa shape index (κ1) is 12.0. The lowest BCUT2D eigenvalue weighted by atomic mass is 10.0. The molecule has 2 unspecified atom stereocenters. The number of nitrogens with one attached hydrogen (secondary N) is 1. The van der Waals surface area contributed by atoms with Crippen LogP contribution in [0.3, 0.4) is 0 Å². The lowest BCUT2D eigenvalue weighted by Crippen LogP contribution is -2.44. The predicted octanol–water partition coefficient (Wildman–Crippen LogP) is 2.06. The average Bonchev–Trinajstić information content (AvgIpc) is 2.72. The molecular formula is C15H22N2O. The van der Waals surface area contributed by atoms with E-state index in [4.69, 9.17) is 0 Å². The largest absolute Gasteiger partial charge is 0.508 e. The number of nitrogens with zero attached hydrogens (tertiary/aromatic N) is 1. The van der Waals surface area contributed by atoms with Crippen LogP contribution in [0.1, 0.15) is 36.4 Å². The Kier molecular flexibility index (Phi) is 3.27. The van der Waals surface area contributed by atoms with Crippen molar-refractivity contribution in [3.63, 3.8) is 0 Å². The van der Waals surface area contributed by atoms with Crippen LogP contribution in [0.5, 0.6) is 5.75 Å². The van der Waals surface area contributed by atoms with Crippen LogP contribution in [-0.2, 0) is 6.42 Å². The minimum Gasteiger partial charge on any atom is -0.508 e. The van der Waals surface area contributed by atoms with E-state index in [0.29, 0.717) is 17.8 Å². The van der Waals surface area contributed by atoms with Crippen LogP contribution in [-0.4, -0.2) is 36.2 Å². The van der Waals surface area contributed by atoms with E-state index >= 15 is 0 Å². The molecule has 0 saturated carbocycles. The smallest absolute Gasteiger partial charge is 0.115 e. The van der Waals surface area contributed by atoms with Crippen LogP contribution in [0.15, 0.2) is 18.2 Å². The second-order valence-corrected chi connectivity index (χ2v) is 5.74. The second kappa shape index (κ2) is 4.90. The van der Waals surface area contributed by atoms with Gasteiger partial charge in [0.05, 0.1) is 0 Å². The highest BCUT2D eigenvalue weighted by Crippen LogP contribution is 2.33. The monoisotopic (exact) mass is 246 g/mol. The summed E-state index contributed by atoms with van der Waals surface area (Å²) in [5.41, 5.74) is 2.71. The molecule has 1 fully saturated rings. The number of piperidine rings is 1. The molecule has 1 aliphatic carbocycles. The number of aromatic hydroxyl groups is 1. The fraction of sp³-hybridized carbons (Fsp3) is 0.600. The van der Waals surface area contributed by atoms with Crippen LogP contribution in [0.2, 0.25) is 0 Å². The van der Waals surface area contributed by atoms with E-state index in [1.807, 2.05) is 12.1 Å². The number of benzene rings is 1. The van der Waals surface area contributed by atoms with E-state index in [9.17, 15) is 5.11 Å². The van der Waals surface area contributed by atoms with E-state index in [0.717, 1.165) is 13.0 Å². The Morgan fingerprint density at radius 2 is 2.22 bits per heavy atom. The van der Waals surface area contributed by atoms with Crippen molar-refractivity contribution in [2.45, 2.75) is 37.8 Å². The Morgan fingerprint density at radius 1 is 1.33 bits per heavy atom. The minimum atomic E-state index is 0.395. The van der Waals surface area contributed by atoms with Crippen LogP contribution in [0, 0.1) is 0 Å². The number of phenolic OH excluding ortho intramolecular Hbond substituents is 1. The van der Waals surface area contributed by atoms with Gasteiger partial charge in [0.2, 0.25) is 0 Å². The average molecular weight is 246 g/mol. The van der Waals surface area contributed by atoms with E-state index in [1.165, 1.54) is 36.9 Å². The van der Waals surface area contributed by atoms with E-state index in [2.05, 4.69) is 23.3 Å². The highest BCUT2D eigenvalue weighted by atomic mass is 16.3. The fourth-order valence-electron chi connectivity index (χ4n) is 3.36. The molecule has 2 N–H and O–H groups in total. The number of aryl methyl sites for hydroxylation is 1. The quantitative estimate of drug-likeness (QED) is 0.838. The van der Waals surface area contributed by atoms with Gasteiger partial charge in [-0.3, -0.25) is 0 Å². The summed E-state index contributed by atoms with van der Waals surface area (Å²) in [7, 11) is 2.20. The third-order valence-electron chi connectivity index (χ3n) is 4.27. The van der Waals surface area contributed by atoms with Crippen LogP contribution in [0.4, 0.5) is 0 Å². The lowest BCUT2D eigenvalue weighted by molar-refractivity contribution is 0.216. The molecular weight excluding hydrogens is 224 g/mol. The summed E-state index contributed by atoms with van der Waals surface area (Å²) in [6, 6.07) is 6.92. The topological polar surface area (TPSA) is 35.5 Å². The van der Waals surface area contributed by atoms with Gasteiger partial charge in [0.1, 0.15) is 5.75 Å². The van der Waals surface area contributed by atoms with Gasteiger partial charge >= 0.3 is 0 Å². The molecule has 1 aromatic carbocycles. The summed E-state index contributed by atoms with van der Waals surface area (Å²) in [4.78, 5) is 2.41. The van der Waals surface area contributed by atoms with Gasteiger partial charge in [-0.2, -0.15) is 0 Å². The van der Waals surface area contributed by atoms with Crippen LogP contribution in [0.25, 0.3) is 0 Å². The zero-order chi connectivity index (χ0) is 12.5. The van der Waals surface area contributed by atoms with Crippen molar-refractivity contribution in [3.8, 4) is 5.75 Å². The Labute approximate surface area is 109 Å². The van der Waals surface area contributed by atoms with Crippen molar-refractivity contribution >= 4 is 0 Å². The molecule has 0 radical (unpaired) electrons. The lowest BCUT2D eigenvalue weighted by Gasteiger charge is -2.32. The number of likely N-dealkylation sites (tertiary alicyclic amines) is 1. The molecule has 3 nitrogen and oxygen atoms in total. The Hall–Kier alpha value is -1.06. The molecule has 98 valence electrons. The highest BCUT2D eigenvalue weighted by Gasteiger charge is 2.26. The Morgan fingerprint density at radius 3 is 3.06 bits per heavy atom. The number of fused-ring (bicyclic) bond motifs is 1. The van der Waals surface area contributed by atoms with Crippen LogP contribution < -0.4 is 5.32 Å². The van der Waals surface area contributed by atoms with Gasteiger partial charge in [-0.1, -0.05) is 6.07 Å². The Balaban J connectivity index is 1.69. The van der Waals surface area contributed by atoms with E-state index < -0.39 is 0 Å². The Bertz CT molecular complexity index is 433. The second-order valence-electron chi connectivity index (χ2n) is 5.74. The molecule has 0 bridgehead atoms. The predicted molar refractivity (Wildman–Crippen MR) is 72.8 cm³/mol. The maximum atomic E-state index is 9.51. The molecule has 0 aromatic heterocycles. The molecule has 3 rings (SSSR count). The molecule has 0 spiro atoms. The van der Waals surface area contributed by atoms with E-state index in [1.54, 1.807) is 0 Å². The maximum Gasteiger partial charge on any atom is 0.115 e. The van der Waals surface area contributed by atoms with Crippen molar-refractivity contribution in [1.82, 2.24) is 10.2 Å². The first-order valence-electron chi connectivity index (χ1n) is 6.99. The first-order valence-corrected chi connectivity index (χ1v) is 6.99. The summed E-state index contributed by atoms with van der Waals surface area (Å²) in [6.45, 7) is 2.39. The zero-order valence-electron chi connectivity index (χ0n) is 11.0. The van der Waals surface area contributed by atoms with Crippen molar-refractivity contribution in [2.24, 2.45) is 0 Å². The normalized spacial score (nSPS) is 28.3. The highest BCUT2D eigenvalue weighted by molar-refractivity contribution is 5.40. The van der Waals surface area contributed by atoms with Crippen molar-refractivity contribution in [1.29, 1.82) is 0 Å². The van der Waals surface area contributed by atoms with Crippen molar-refractivity contribution in [3.05, 3.63) is 29.3 Å². The summed E-state index contributed by atoms with van der Waals surface area (Å²) >= 11 is 0. The maximum absolute atomic E-state index is 9.51. The first-order chi connectivity index (χ1) is 8.72. The third kappa shape index (κ3) is 2.38. The summed E-state index contributed by atoms with van der Waals surface area (Å²) < 4.78 is 0. The molecule has 1 aromatic rings. The molecule has 2 aliphatic rings. The van der Waals surface area contributed by atoms with Gasteiger partial charge in [0.15, 0.2) is 0 Å². The molecule has 3 heteroatoms. The SMILES string of the molecule is CN1CCCC(NC2CCc3cc(O)ccc32)C1. The van der Waals surface area contributed by atoms with Crippen molar-refractivity contribution in [2.75, 3.05) is 20.1 Å². The minimum absolute atomic E-state index is 0.395. The zero-order valence-corrected chi connectivity index (χ0v) is 11.0. The molecule has 1 saturated heterocycles. The van der Waals surface area contributed by atoms with Crippen LogP contribution >= 0.6 is 0 Å². The molecule has 1 aliphatic heterocycles. The number of likely N-dealkylation sites (N-methyl/N-ethyl adjacent to an activating group) is 1. The summed E-state index contributed by atoms with van der Waals surface area (Å²) in [5.74, 6) is 0.395. The number of hydrogen-bond acceptors (Lipinski definition) is 3. The van der Waals surface area contributed by atoms with Gasteiger partial charge in [-0.25, -0.2) is 0 Å². The number of phenols is 1. The molecule has 0 amide bonds. The van der Waals surface area contributed by atoms with Crippen molar-refractivity contribution < 1.29 is 5.11 Å². The molecule has 18 heavy (non-hydrogen) atoms. The van der Waals surface area contributed by atoms with E-state index in [-0.39, 0.29) is 0 Å². The van der Waals surface area contributed by atoms with Gasteiger partial charge in [-0.15, -0.1) is 0 Å². The summed E-state index contributed by atoms with van der Waals surface area (Å²) in [6.07, 6.45) is 4.83. The summed E-state index contributed by atoms with van der Waals surface area (Å²) in [5, 5.41) is 13.3.